The molecule has 0 nitrogen and oxygen atoms in total. The van der Waals surface area contributed by atoms with Crippen LogP contribution < -0.4 is 0 Å². The van der Waals surface area contributed by atoms with Crippen molar-refractivity contribution in [2.75, 3.05) is 0 Å². The minimum Gasteiger partial charge on any atom is -0.0622 e. The fourth-order valence-corrected chi connectivity index (χ4v) is 2.56. The van der Waals surface area contributed by atoms with Gasteiger partial charge in [-0.2, -0.15) is 0 Å². The summed E-state index contributed by atoms with van der Waals surface area (Å²) in [7, 11) is 0. The summed E-state index contributed by atoms with van der Waals surface area (Å²) in [5.74, 6) is 1.38. The molecule has 1 radical (unpaired) electrons. The van der Waals surface area contributed by atoms with Crippen LogP contribution in [-0.4, -0.2) is 0 Å². The molecule has 0 unspecified atom stereocenters. The van der Waals surface area contributed by atoms with Crippen molar-refractivity contribution in [1.29, 1.82) is 0 Å². The van der Waals surface area contributed by atoms with E-state index in [1.165, 1.54) is 28.2 Å². The lowest BCUT2D eigenvalue weighted by molar-refractivity contribution is 1.03. The second-order valence-corrected chi connectivity index (χ2v) is 5.37. The van der Waals surface area contributed by atoms with Gasteiger partial charge in [0.25, 0.3) is 0 Å². The third-order valence-corrected chi connectivity index (χ3v) is 3.75. The highest BCUT2D eigenvalue weighted by Gasteiger charge is 2.15. The molecule has 0 aliphatic heterocycles. The second-order valence-electron chi connectivity index (χ2n) is 5.37. The maximum absolute atomic E-state index is 2.22. The zero-order chi connectivity index (χ0) is 14.5. The normalized spacial score (nSPS) is 10.8. The first kappa shape index (κ1) is 13.6. The minimum atomic E-state index is 0.953. The second kappa shape index (κ2) is 6.41. The smallest absolute Gasteiger partial charge is 0.0383 e. The van der Waals surface area contributed by atoms with Crippen LogP contribution in [0.15, 0.2) is 84.9 Å². The predicted octanol–water partition coefficient (Wildman–Crippen LogP) is 5.21. The van der Waals surface area contributed by atoms with Crippen molar-refractivity contribution < 1.29 is 0 Å². The van der Waals surface area contributed by atoms with Crippen LogP contribution in [-0.2, 0) is 6.42 Å². The van der Waals surface area contributed by atoms with Gasteiger partial charge in [-0.25, -0.2) is 0 Å². The first-order valence-electron chi connectivity index (χ1n) is 7.35. The largest absolute Gasteiger partial charge is 0.0622 e. The van der Waals surface area contributed by atoms with E-state index in [9.17, 15) is 0 Å². The monoisotopic (exact) mass is 271 g/mol. The number of benzene rings is 3. The molecule has 3 rings (SSSR count). The van der Waals surface area contributed by atoms with Crippen LogP contribution in [0.25, 0.3) is 0 Å². The van der Waals surface area contributed by atoms with Crippen molar-refractivity contribution in [3.05, 3.63) is 113 Å². The van der Waals surface area contributed by atoms with Gasteiger partial charge in [0.15, 0.2) is 0 Å². The molecule has 0 amide bonds. The molecule has 0 saturated carbocycles. The van der Waals surface area contributed by atoms with Gasteiger partial charge in [0.1, 0.15) is 0 Å². The standard InChI is InChI=1S/C21H19/c1-17-12-14-18(15-13-17)16-21(19-8-4-2-5-9-19)20-10-6-3-7-11-20/h2-15H,16H2,1H3. The Balaban J connectivity index is 1.95. The summed E-state index contributed by atoms with van der Waals surface area (Å²) in [4.78, 5) is 0. The van der Waals surface area contributed by atoms with Gasteiger partial charge in [0.2, 0.25) is 0 Å². The van der Waals surface area contributed by atoms with E-state index < -0.39 is 0 Å². The van der Waals surface area contributed by atoms with Crippen LogP contribution in [0.3, 0.4) is 0 Å². The molecular formula is C21H19. The Morgan fingerprint density at radius 3 is 1.57 bits per heavy atom. The van der Waals surface area contributed by atoms with Crippen molar-refractivity contribution in [1.82, 2.24) is 0 Å². The van der Waals surface area contributed by atoms with Crippen molar-refractivity contribution in [3.63, 3.8) is 0 Å². The van der Waals surface area contributed by atoms with E-state index in [0.717, 1.165) is 6.42 Å². The number of rotatable bonds is 4. The van der Waals surface area contributed by atoms with Gasteiger partial charge >= 0.3 is 0 Å². The number of aryl methyl sites for hydroxylation is 1. The molecule has 3 aromatic rings. The molecule has 0 spiro atoms. The highest BCUT2D eigenvalue weighted by atomic mass is 14.2. The van der Waals surface area contributed by atoms with Gasteiger partial charge in [-0.15, -0.1) is 0 Å². The van der Waals surface area contributed by atoms with Crippen LogP contribution in [0, 0.1) is 12.8 Å². The van der Waals surface area contributed by atoms with E-state index in [1.807, 2.05) is 0 Å². The summed E-state index contributed by atoms with van der Waals surface area (Å²) in [5.41, 5.74) is 5.25. The van der Waals surface area contributed by atoms with Gasteiger partial charge in [-0.1, -0.05) is 90.5 Å². The van der Waals surface area contributed by atoms with Crippen LogP contribution >= 0.6 is 0 Å². The Kier molecular flexibility index (Phi) is 4.16. The van der Waals surface area contributed by atoms with Gasteiger partial charge in [0.05, 0.1) is 0 Å². The Labute approximate surface area is 127 Å². The van der Waals surface area contributed by atoms with Crippen molar-refractivity contribution in [2.24, 2.45) is 0 Å². The molecule has 0 saturated heterocycles. The number of hydrogen-bond donors (Lipinski definition) is 0. The molecule has 0 bridgehead atoms. The highest BCUT2D eigenvalue weighted by Crippen LogP contribution is 2.27. The Morgan fingerprint density at radius 2 is 1.10 bits per heavy atom. The third-order valence-electron chi connectivity index (χ3n) is 3.75. The summed E-state index contributed by atoms with van der Waals surface area (Å²) in [6, 6.07) is 30.1. The van der Waals surface area contributed by atoms with Gasteiger partial charge in [0, 0.05) is 5.92 Å². The summed E-state index contributed by atoms with van der Waals surface area (Å²) in [6.45, 7) is 2.13. The summed E-state index contributed by atoms with van der Waals surface area (Å²) >= 11 is 0. The summed E-state index contributed by atoms with van der Waals surface area (Å²) < 4.78 is 0. The van der Waals surface area contributed by atoms with Crippen molar-refractivity contribution in [3.8, 4) is 0 Å². The Hall–Kier alpha value is -2.34. The van der Waals surface area contributed by atoms with E-state index >= 15 is 0 Å². The zero-order valence-electron chi connectivity index (χ0n) is 12.3. The fourth-order valence-electron chi connectivity index (χ4n) is 2.56. The minimum absolute atomic E-state index is 0.953. The van der Waals surface area contributed by atoms with E-state index in [-0.39, 0.29) is 0 Å². The van der Waals surface area contributed by atoms with Crippen molar-refractivity contribution >= 4 is 0 Å². The van der Waals surface area contributed by atoms with Crippen molar-refractivity contribution in [2.45, 2.75) is 13.3 Å². The van der Waals surface area contributed by atoms with Crippen LogP contribution in [0.2, 0.25) is 0 Å². The van der Waals surface area contributed by atoms with E-state index in [4.69, 9.17) is 0 Å². The lowest BCUT2D eigenvalue weighted by atomic mass is 9.86. The topological polar surface area (TPSA) is 0 Å². The molecule has 0 aromatic heterocycles. The summed E-state index contributed by atoms with van der Waals surface area (Å²) in [6.07, 6.45) is 0.953. The molecule has 21 heavy (non-hydrogen) atoms. The molecular weight excluding hydrogens is 252 g/mol. The predicted molar refractivity (Wildman–Crippen MR) is 89.2 cm³/mol. The summed E-state index contributed by atoms with van der Waals surface area (Å²) in [5, 5.41) is 0. The van der Waals surface area contributed by atoms with Crippen LogP contribution in [0.1, 0.15) is 22.3 Å². The molecule has 0 N–H and O–H groups in total. The van der Waals surface area contributed by atoms with E-state index in [0.29, 0.717) is 0 Å². The van der Waals surface area contributed by atoms with Gasteiger partial charge in [-0.3, -0.25) is 0 Å². The van der Waals surface area contributed by atoms with Crippen LogP contribution in [0.4, 0.5) is 0 Å². The molecule has 0 atom stereocenters. The molecule has 0 heterocycles. The van der Waals surface area contributed by atoms with E-state index in [2.05, 4.69) is 91.9 Å². The average Bonchev–Trinajstić information content (AvgIpc) is 2.56. The quantitative estimate of drug-likeness (QED) is 0.611. The first-order chi connectivity index (χ1) is 10.3. The lowest BCUT2D eigenvalue weighted by Crippen LogP contribution is -2.06. The van der Waals surface area contributed by atoms with E-state index in [1.54, 1.807) is 0 Å². The lowest BCUT2D eigenvalue weighted by Gasteiger charge is -2.17. The maximum atomic E-state index is 2.22. The first-order valence-corrected chi connectivity index (χ1v) is 7.35. The molecule has 0 fully saturated rings. The van der Waals surface area contributed by atoms with Gasteiger partial charge < -0.3 is 0 Å². The SMILES string of the molecule is Cc1ccc(C[C](c2ccccc2)c2ccccc2)cc1. The highest BCUT2D eigenvalue weighted by molar-refractivity contribution is 5.47. The van der Waals surface area contributed by atoms with Gasteiger partial charge in [-0.05, 0) is 30.0 Å². The fraction of sp³-hybridized carbons (Fsp3) is 0.0952. The number of hydrogen-bond acceptors (Lipinski definition) is 0. The maximum Gasteiger partial charge on any atom is 0.0383 e. The molecule has 0 aliphatic carbocycles. The Morgan fingerprint density at radius 1 is 0.619 bits per heavy atom. The average molecular weight is 271 g/mol. The molecule has 103 valence electrons. The zero-order valence-corrected chi connectivity index (χ0v) is 12.3. The Bertz CT molecular complexity index is 627. The van der Waals surface area contributed by atoms with Crippen LogP contribution in [0.5, 0.6) is 0 Å². The molecule has 0 heteroatoms. The molecule has 0 aliphatic rings. The third kappa shape index (κ3) is 3.41. The molecule has 3 aromatic carbocycles.